The average Bonchev–Trinajstić information content (AvgIpc) is 2.86. The second-order valence-corrected chi connectivity index (χ2v) is 5.95. The Morgan fingerprint density at radius 3 is 2.65 bits per heavy atom. The molecule has 5 heteroatoms. The van der Waals surface area contributed by atoms with Crippen LogP contribution in [0.2, 0.25) is 0 Å². The first kappa shape index (κ1) is 15.1. The van der Waals surface area contributed by atoms with Crippen molar-refractivity contribution in [1.82, 2.24) is 5.32 Å². The van der Waals surface area contributed by atoms with Crippen LogP contribution in [0.25, 0.3) is 0 Å². The topological polar surface area (TPSA) is 60.7 Å². The molecule has 1 aliphatic carbocycles. The average molecular weight is 281 g/mol. The van der Waals surface area contributed by atoms with Crippen molar-refractivity contribution in [3.8, 4) is 0 Å². The van der Waals surface area contributed by atoms with Crippen molar-refractivity contribution in [3.05, 3.63) is 23.7 Å². The summed E-state index contributed by atoms with van der Waals surface area (Å²) >= 11 is 0. The van der Waals surface area contributed by atoms with Crippen LogP contribution in [0, 0.1) is 11.3 Å². The SMILES string of the molecule is COC(=O)c1ccc(CN[C@@H]2[C@@H](C)[C@@H](OC)C2(C)C)o1. The Balaban J connectivity index is 1.93. The molecule has 1 aromatic rings. The van der Waals surface area contributed by atoms with Gasteiger partial charge in [0.25, 0.3) is 0 Å². The first-order chi connectivity index (χ1) is 9.41. The molecule has 0 spiro atoms. The van der Waals surface area contributed by atoms with Gasteiger partial charge in [-0.25, -0.2) is 4.79 Å². The van der Waals surface area contributed by atoms with Crippen LogP contribution in [0.5, 0.6) is 0 Å². The minimum atomic E-state index is -0.451. The molecule has 1 aliphatic rings. The number of rotatable bonds is 5. The molecule has 20 heavy (non-hydrogen) atoms. The van der Waals surface area contributed by atoms with Crippen LogP contribution < -0.4 is 5.32 Å². The molecular weight excluding hydrogens is 258 g/mol. The van der Waals surface area contributed by atoms with Crippen LogP contribution in [0.4, 0.5) is 0 Å². The van der Waals surface area contributed by atoms with Crippen molar-refractivity contribution in [1.29, 1.82) is 0 Å². The molecule has 0 saturated heterocycles. The summed E-state index contributed by atoms with van der Waals surface area (Å²) in [5.74, 6) is 0.965. The molecule has 0 radical (unpaired) electrons. The number of hydrogen-bond acceptors (Lipinski definition) is 5. The Kier molecular flexibility index (Phi) is 4.20. The fraction of sp³-hybridized carbons (Fsp3) is 0.667. The molecule has 0 bridgehead atoms. The van der Waals surface area contributed by atoms with E-state index in [1.54, 1.807) is 19.2 Å². The van der Waals surface area contributed by atoms with E-state index in [9.17, 15) is 4.79 Å². The maximum Gasteiger partial charge on any atom is 0.373 e. The van der Waals surface area contributed by atoms with Gasteiger partial charge in [-0.2, -0.15) is 0 Å². The number of methoxy groups -OCH3 is 2. The first-order valence-electron chi connectivity index (χ1n) is 6.85. The predicted octanol–water partition coefficient (Wildman–Crippen LogP) is 2.22. The van der Waals surface area contributed by atoms with E-state index in [4.69, 9.17) is 9.15 Å². The van der Waals surface area contributed by atoms with Gasteiger partial charge in [-0.15, -0.1) is 0 Å². The lowest BCUT2D eigenvalue weighted by atomic mass is 9.58. The third kappa shape index (κ3) is 2.47. The van der Waals surface area contributed by atoms with Crippen molar-refractivity contribution in [2.24, 2.45) is 11.3 Å². The third-order valence-corrected chi connectivity index (χ3v) is 4.34. The van der Waals surface area contributed by atoms with Crippen LogP contribution in [0.1, 0.15) is 37.1 Å². The van der Waals surface area contributed by atoms with Gasteiger partial charge in [0.1, 0.15) is 5.76 Å². The standard InChI is InChI=1S/C15H23NO4/c1-9-12(15(2,3)13(9)18-4)16-8-10-6-7-11(20-10)14(17)19-5/h6-7,9,12-13,16H,8H2,1-5H3/t9-,12-,13-/m1/s1. The second kappa shape index (κ2) is 5.58. The van der Waals surface area contributed by atoms with Gasteiger partial charge >= 0.3 is 5.97 Å². The van der Waals surface area contributed by atoms with Gasteiger partial charge in [0.15, 0.2) is 0 Å². The summed E-state index contributed by atoms with van der Waals surface area (Å²) < 4.78 is 15.6. The van der Waals surface area contributed by atoms with Crippen molar-refractivity contribution < 1.29 is 18.7 Å². The maximum atomic E-state index is 11.3. The summed E-state index contributed by atoms with van der Waals surface area (Å²) in [7, 11) is 3.10. The highest BCUT2D eigenvalue weighted by Gasteiger charge is 2.54. The summed E-state index contributed by atoms with van der Waals surface area (Å²) in [5, 5.41) is 3.48. The molecule has 0 aliphatic heterocycles. The first-order valence-corrected chi connectivity index (χ1v) is 6.85. The molecule has 1 N–H and O–H groups in total. The van der Waals surface area contributed by atoms with Crippen molar-refractivity contribution in [3.63, 3.8) is 0 Å². The van der Waals surface area contributed by atoms with E-state index in [1.165, 1.54) is 7.11 Å². The fourth-order valence-corrected chi connectivity index (χ4v) is 3.45. The van der Waals surface area contributed by atoms with E-state index < -0.39 is 5.97 Å². The van der Waals surface area contributed by atoms with Crippen LogP contribution in [0.3, 0.4) is 0 Å². The molecule has 0 aromatic carbocycles. The van der Waals surface area contributed by atoms with E-state index in [0.717, 1.165) is 5.76 Å². The van der Waals surface area contributed by atoms with E-state index in [0.29, 0.717) is 18.5 Å². The molecule has 2 rings (SSSR count). The van der Waals surface area contributed by atoms with Gasteiger partial charge in [-0.05, 0) is 18.1 Å². The molecule has 0 amide bonds. The van der Waals surface area contributed by atoms with Gasteiger partial charge in [0.05, 0.1) is 19.8 Å². The molecule has 1 heterocycles. The number of furan rings is 1. The lowest BCUT2D eigenvalue weighted by molar-refractivity contribution is -0.145. The molecule has 112 valence electrons. The summed E-state index contributed by atoms with van der Waals surface area (Å²) in [6, 6.07) is 3.79. The predicted molar refractivity (Wildman–Crippen MR) is 74.4 cm³/mol. The van der Waals surface area contributed by atoms with Crippen LogP contribution in [-0.2, 0) is 16.0 Å². The summed E-state index contributed by atoms with van der Waals surface area (Å²) in [6.45, 7) is 7.16. The zero-order chi connectivity index (χ0) is 14.9. The number of esters is 1. The van der Waals surface area contributed by atoms with Gasteiger partial charge in [-0.3, -0.25) is 0 Å². The van der Waals surface area contributed by atoms with Crippen LogP contribution >= 0.6 is 0 Å². The van der Waals surface area contributed by atoms with Gasteiger partial charge < -0.3 is 19.2 Å². The quantitative estimate of drug-likeness (QED) is 0.839. The van der Waals surface area contributed by atoms with Gasteiger partial charge in [0, 0.05) is 18.6 Å². The largest absolute Gasteiger partial charge is 0.463 e. The zero-order valence-corrected chi connectivity index (χ0v) is 12.7. The summed E-state index contributed by atoms with van der Waals surface area (Å²) in [4.78, 5) is 11.3. The number of hydrogen-bond donors (Lipinski definition) is 1. The molecular formula is C15H23NO4. The minimum Gasteiger partial charge on any atom is -0.463 e. The highest BCUT2D eigenvalue weighted by molar-refractivity contribution is 5.86. The van der Waals surface area contributed by atoms with Crippen molar-refractivity contribution in [2.45, 2.75) is 39.5 Å². The highest BCUT2D eigenvalue weighted by atomic mass is 16.5. The smallest absolute Gasteiger partial charge is 0.373 e. The summed E-state index contributed by atoms with van der Waals surface area (Å²) in [5.41, 5.74) is 0.0892. The van der Waals surface area contributed by atoms with Crippen LogP contribution in [-0.4, -0.2) is 32.3 Å². The van der Waals surface area contributed by atoms with Crippen molar-refractivity contribution in [2.75, 3.05) is 14.2 Å². The monoisotopic (exact) mass is 281 g/mol. The molecule has 3 atom stereocenters. The Labute approximate surface area is 119 Å². The normalized spacial score (nSPS) is 27.9. The van der Waals surface area contributed by atoms with E-state index in [2.05, 4.69) is 30.8 Å². The zero-order valence-electron chi connectivity index (χ0n) is 12.7. The second-order valence-electron chi connectivity index (χ2n) is 5.95. The van der Waals surface area contributed by atoms with Crippen molar-refractivity contribution >= 4 is 5.97 Å². The Morgan fingerprint density at radius 1 is 1.40 bits per heavy atom. The molecule has 1 fully saturated rings. The van der Waals surface area contributed by atoms with E-state index >= 15 is 0 Å². The summed E-state index contributed by atoms with van der Waals surface area (Å²) in [6.07, 6.45) is 0.266. The number of carbonyl (C=O) groups is 1. The number of nitrogens with one attached hydrogen (secondary N) is 1. The van der Waals surface area contributed by atoms with Gasteiger partial charge in [-0.1, -0.05) is 20.8 Å². The molecule has 0 unspecified atom stereocenters. The Morgan fingerprint density at radius 2 is 2.10 bits per heavy atom. The van der Waals surface area contributed by atoms with E-state index in [-0.39, 0.29) is 17.3 Å². The lowest BCUT2D eigenvalue weighted by Gasteiger charge is -2.56. The number of carbonyl (C=O) groups excluding carboxylic acids is 1. The van der Waals surface area contributed by atoms with Crippen LogP contribution in [0.15, 0.2) is 16.5 Å². The molecule has 1 saturated carbocycles. The Bertz CT molecular complexity index is 480. The third-order valence-electron chi connectivity index (χ3n) is 4.34. The highest BCUT2D eigenvalue weighted by Crippen LogP contribution is 2.46. The Hall–Kier alpha value is -1.33. The maximum absolute atomic E-state index is 11.3. The van der Waals surface area contributed by atoms with Gasteiger partial charge in [0.2, 0.25) is 5.76 Å². The molecule has 5 nitrogen and oxygen atoms in total. The lowest BCUT2D eigenvalue weighted by Crippen LogP contribution is -2.66. The van der Waals surface area contributed by atoms with E-state index in [1.807, 2.05) is 0 Å². The number of ether oxygens (including phenoxy) is 2. The molecule has 1 aromatic heterocycles. The fourth-order valence-electron chi connectivity index (χ4n) is 3.45. The minimum absolute atomic E-state index is 0.0892.